The minimum absolute atomic E-state index is 0.00648. The summed E-state index contributed by atoms with van der Waals surface area (Å²) in [7, 11) is 0. The van der Waals surface area contributed by atoms with Crippen LogP contribution < -0.4 is 0 Å². The van der Waals surface area contributed by atoms with Crippen molar-refractivity contribution in [1.29, 1.82) is 0 Å². The van der Waals surface area contributed by atoms with Crippen LogP contribution in [0.5, 0.6) is 0 Å². The summed E-state index contributed by atoms with van der Waals surface area (Å²) in [4.78, 5) is 10.7. The lowest BCUT2D eigenvalue weighted by Crippen LogP contribution is -2.03. The van der Waals surface area contributed by atoms with Gasteiger partial charge in [-0.2, -0.15) is 0 Å². The van der Waals surface area contributed by atoms with Crippen LogP contribution in [0.4, 0.5) is 4.39 Å². The maximum atomic E-state index is 13.5. The molecule has 0 saturated heterocycles. The van der Waals surface area contributed by atoms with Crippen molar-refractivity contribution in [2.75, 3.05) is 0 Å². The van der Waals surface area contributed by atoms with Crippen LogP contribution in [0.1, 0.15) is 41.3 Å². The molecule has 0 heterocycles. The summed E-state index contributed by atoms with van der Waals surface area (Å²) in [6.07, 6.45) is 0. The molecule has 0 unspecified atom stereocenters. The van der Waals surface area contributed by atoms with Crippen LogP contribution in [0, 0.1) is 12.7 Å². The number of halogens is 1. The van der Waals surface area contributed by atoms with E-state index in [4.69, 9.17) is 5.11 Å². The average molecular weight is 196 g/mol. The van der Waals surface area contributed by atoms with Crippen LogP contribution in [0.2, 0.25) is 0 Å². The molecule has 0 saturated carbocycles. The number of benzene rings is 1. The Hall–Kier alpha value is -1.38. The first-order valence-electron chi connectivity index (χ1n) is 4.46. The van der Waals surface area contributed by atoms with Crippen LogP contribution in [0.25, 0.3) is 0 Å². The van der Waals surface area contributed by atoms with Crippen LogP contribution in [-0.2, 0) is 0 Å². The summed E-state index contributed by atoms with van der Waals surface area (Å²) in [5.41, 5.74) is 0.989. The fourth-order valence-electron chi connectivity index (χ4n) is 1.34. The van der Waals surface area contributed by atoms with Gasteiger partial charge >= 0.3 is 5.97 Å². The molecule has 0 atom stereocenters. The number of aromatic carboxylic acids is 1. The van der Waals surface area contributed by atoms with Crippen molar-refractivity contribution in [1.82, 2.24) is 0 Å². The highest BCUT2D eigenvalue weighted by Gasteiger charge is 2.13. The Morgan fingerprint density at radius 3 is 2.43 bits per heavy atom. The summed E-state index contributed by atoms with van der Waals surface area (Å²) in [5, 5.41) is 8.78. The molecule has 1 aromatic carbocycles. The monoisotopic (exact) mass is 196 g/mol. The lowest BCUT2D eigenvalue weighted by molar-refractivity contribution is 0.0696. The fourth-order valence-corrected chi connectivity index (χ4v) is 1.34. The predicted octanol–water partition coefficient (Wildman–Crippen LogP) is 2.96. The van der Waals surface area contributed by atoms with Gasteiger partial charge in [0.05, 0.1) is 5.56 Å². The van der Waals surface area contributed by atoms with E-state index in [2.05, 4.69) is 0 Å². The van der Waals surface area contributed by atoms with Crippen LogP contribution in [0.3, 0.4) is 0 Å². The molecule has 0 bridgehead atoms. The Morgan fingerprint density at radius 1 is 1.43 bits per heavy atom. The summed E-state index contributed by atoms with van der Waals surface area (Å²) < 4.78 is 13.5. The fraction of sp³-hybridized carbons (Fsp3) is 0.364. The molecule has 0 fully saturated rings. The first kappa shape index (κ1) is 10.7. The molecule has 0 aliphatic carbocycles. The van der Waals surface area contributed by atoms with Gasteiger partial charge in [0, 0.05) is 0 Å². The van der Waals surface area contributed by atoms with E-state index in [9.17, 15) is 9.18 Å². The molecule has 0 amide bonds. The zero-order valence-electron chi connectivity index (χ0n) is 8.47. The van der Waals surface area contributed by atoms with Crippen molar-refractivity contribution < 1.29 is 14.3 Å². The van der Waals surface area contributed by atoms with Gasteiger partial charge in [-0.1, -0.05) is 13.8 Å². The van der Waals surface area contributed by atoms with Gasteiger partial charge < -0.3 is 5.11 Å². The van der Waals surface area contributed by atoms with Crippen molar-refractivity contribution in [2.45, 2.75) is 26.7 Å². The smallest absolute Gasteiger partial charge is 0.335 e. The highest BCUT2D eigenvalue weighted by atomic mass is 19.1. The number of hydrogen-bond donors (Lipinski definition) is 1. The molecule has 0 aromatic heterocycles. The molecule has 0 spiro atoms. The Labute approximate surface area is 82.4 Å². The number of carboxylic acid groups (broad SMARTS) is 1. The van der Waals surface area contributed by atoms with E-state index in [-0.39, 0.29) is 17.3 Å². The molecule has 0 radical (unpaired) electrons. The average Bonchev–Trinajstić information content (AvgIpc) is 2.08. The van der Waals surface area contributed by atoms with Gasteiger partial charge in [0.1, 0.15) is 5.82 Å². The summed E-state index contributed by atoms with van der Waals surface area (Å²) in [6, 6.07) is 2.75. The topological polar surface area (TPSA) is 37.3 Å². The van der Waals surface area contributed by atoms with Crippen LogP contribution in [-0.4, -0.2) is 11.1 Å². The number of carbonyl (C=O) groups is 1. The van der Waals surface area contributed by atoms with Gasteiger partial charge in [-0.25, -0.2) is 9.18 Å². The number of carboxylic acids is 1. The zero-order valence-corrected chi connectivity index (χ0v) is 8.47. The third-order valence-corrected chi connectivity index (χ3v) is 2.15. The summed E-state index contributed by atoms with van der Waals surface area (Å²) in [6.45, 7) is 5.25. The number of aryl methyl sites for hydroxylation is 1. The minimum Gasteiger partial charge on any atom is -0.478 e. The maximum absolute atomic E-state index is 13.5. The first-order valence-corrected chi connectivity index (χ1v) is 4.46. The van der Waals surface area contributed by atoms with Gasteiger partial charge in [0.2, 0.25) is 0 Å². The summed E-state index contributed by atoms with van der Waals surface area (Å²) in [5.74, 6) is -1.33. The highest BCUT2D eigenvalue weighted by Crippen LogP contribution is 2.22. The molecule has 2 nitrogen and oxygen atoms in total. The number of rotatable bonds is 2. The third-order valence-electron chi connectivity index (χ3n) is 2.15. The summed E-state index contributed by atoms with van der Waals surface area (Å²) >= 11 is 0. The molecule has 0 aliphatic heterocycles. The van der Waals surface area contributed by atoms with Gasteiger partial charge in [-0.15, -0.1) is 0 Å². The van der Waals surface area contributed by atoms with E-state index in [0.717, 1.165) is 0 Å². The van der Waals surface area contributed by atoms with Crippen molar-refractivity contribution >= 4 is 5.97 Å². The second-order valence-corrected chi connectivity index (χ2v) is 3.66. The van der Waals surface area contributed by atoms with E-state index < -0.39 is 5.97 Å². The maximum Gasteiger partial charge on any atom is 0.335 e. The number of hydrogen-bond acceptors (Lipinski definition) is 1. The Bertz CT molecular complexity index is 370. The second-order valence-electron chi connectivity index (χ2n) is 3.66. The standard InChI is InChI=1S/C11H13FO2/c1-6(2)9-5-8(11(13)14)4-7(3)10(9)12/h4-6H,1-3H3,(H,13,14). The van der Waals surface area contributed by atoms with E-state index in [1.54, 1.807) is 6.92 Å². The molecular weight excluding hydrogens is 183 g/mol. The van der Waals surface area contributed by atoms with Crippen LogP contribution >= 0.6 is 0 Å². The first-order chi connectivity index (χ1) is 6.43. The van der Waals surface area contributed by atoms with Crippen molar-refractivity contribution in [3.63, 3.8) is 0 Å². The van der Waals surface area contributed by atoms with E-state index >= 15 is 0 Å². The quantitative estimate of drug-likeness (QED) is 0.789. The lowest BCUT2D eigenvalue weighted by Gasteiger charge is -2.10. The van der Waals surface area contributed by atoms with E-state index in [1.165, 1.54) is 12.1 Å². The highest BCUT2D eigenvalue weighted by molar-refractivity contribution is 5.88. The van der Waals surface area contributed by atoms with Crippen LogP contribution in [0.15, 0.2) is 12.1 Å². The van der Waals surface area contributed by atoms with Gasteiger partial charge in [0.25, 0.3) is 0 Å². The van der Waals surface area contributed by atoms with Gasteiger partial charge in [-0.3, -0.25) is 0 Å². The largest absolute Gasteiger partial charge is 0.478 e. The van der Waals surface area contributed by atoms with Crippen molar-refractivity contribution in [3.05, 3.63) is 34.6 Å². The molecule has 0 aliphatic rings. The Morgan fingerprint density at radius 2 is 2.00 bits per heavy atom. The SMILES string of the molecule is Cc1cc(C(=O)O)cc(C(C)C)c1F. The van der Waals surface area contributed by atoms with Gasteiger partial charge in [-0.05, 0) is 36.1 Å². The minimum atomic E-state index is -1.02. The van der Waals surface area contributed by atoms with Crippen molar-refractivity contribution in [2.24, 2.45) is 0 Å². The lowest BCUT2D eigenvalue weighted by atomic mass is 9.97. The van der Waals surface area contributed by atoms with E-state index in [1.807, 2.05) is 13.8 Å². The normalized spacial score (nSPS) is 10.6. The molecule has 1 N–H and O–H groups in total. The van der Waals surface area contributed by atoms with Crippen molar-refractivity contribution in [3.8, 4) is 0 Å². The second kappa shape index (κ2) is 3.78. The molecule has 1 rings (SSSR count). The third kappa shape index (κ3) is 1.92. The predicted molar refractivity (Wildman–Crippen MR) is 52.2 cm³/mol. The zero-order chi connectivity index (χ0) is 10.9. The molecule has 14 heavy (non-hydrogen) atoms. The molecular formula is C11H13FO2. The molecule has 76 valence electrons. The van der Waals surface area contributed by atoms with Gasteiger partial charge in [0.15, 0.2) is 0 Å². The van der Waals surface area contributed by atoms with E-state index in [0.29, 0.717) is 11.1 Å². The molecule has 1 aromatic rings. The molecule has 3 heteroatoms. The Kier molecular flexibility index (Phi) is 2.89. The Balaban J connectivity index is 3.35.